The van der Waals surface area contributed by atoms with Crippen molar-refractivity contribution in [1.29, 1.82) is 0 Å². The maximum absolute atomic E-state index is 3.80. The SMILES string of the molecule is Cc1ccc(NC2CCCCC2c2ccccc2)cc1C. The lowest BCUT2D eigenvalue weighted by Gasteiger charge is -2.33. The maximum atomic E-state index is 3.80. The Morgan fingerprint density at radius 3 is 2.38 bits per heavy atom. The van der Waals surface area contributed by atoms with Crippen LogP contribution in [0.4, 0.5) is 5.69 Å². The number of rotatable bonds is 3. The molecule has 3 rings (SSSR count). The normalized spacial score (nSPS) is 22.0. The van der Waals surface area contributed by atoms with Gasteiger partial charge in [-0.2, -0.15) is 0 Å². The van der Waals surface area contributed by atoms with Crippen molar-refractivity contribution in [3.63, 3.8) is 0 Å². The van der Waals surface area contributed by atoms with Crippen molar-refractivity contribution < 1.29 is 0 Å². The summed E-state index contributed by atoms with van der Waals surface area (Å²) in [4.78, 5) is 0. The van der Waals surface area contributed by atoms with E-state index in [1.165, 1.54) is 48.1 Å². The number of benzene rings is 2. The molecule has 1 N–H and O–H groups in total. The highest BCUT2D eigenvalue weighted by molar-refractivity contribution is 5.49. The quantitative estimate of drug-likeness (QED) is 0.788. The monoisotopic (exact) mass is 279 g/mol. The van der Waals surface area contributed by atoms with Gasteiger partial charge in [-0.25, -0.2) is 0 Å². The van der Waals surface area contributed by atoms with Crippen LogP contribution < -0.4 is 5.32 Å². The number of hydrogen-bond donors (Lipinski definition) is 1. The molecule has 2 aromatic carbocycles. The third-order valence-electron chi connectivity index (χ3n) is 4.85. The molecule has 0 bridgehead atoms. The van der Waals surface area contributed by atoms with Gasteiger partial charge in [0.15, 0.2) is 0 Å². The Kier molecular flexibility index (Phi) is 4.28. The summed E-state index contributed by atoms with van der Waals surface area (Å²) in [6, 6.07) is 18.3. The third kappa shape index (κ3) is 3.29. The average Bonchev–Trinajstić information content (AvgIpc) is 2.52. The zero-order valence-corrected chi connectivity index (χ0v) is 13.1. The smallest absolute Gasteiger partial charge is 0.0345 e. The molecule has 0 radical (unpaired) electrons. The Bertz CT molecular complexity index is 588. The van der Waals surface area contributed by atoms with Crippen molar-refractivity contribution in [3.05, 3.63) is 65.2 Å². The summed E-state index contributed by atoms with van der Waals surface area (Å²) in [6.07, 6.45) is 5.26. The molecule has 1 aliphatic carbocycles. The molecular formula is C20H25N. The van der Waals surface area contributed by atoms with Crippen molar-refractivity contribution in [1.82, 2.24) is 0 Å². The van der Waals surface area contributed by atoms with Gasteiger partial charge in [-0.05, 0) is 55.5 Å². The lowest BCUT2D eigenvalue weighted by Crippen LogP contribution is -2.30. The Morgan fingerprint density at radius 1 is 0.857 bits per heavy atom. The van der Waals surface area contributed by atoms with Crippen molar-refractivity contribution in [2.75, 3.05) is 5.32 Å². The number of anilines is 1. The van der Waals surface area contributed by atoms with Crippen LogP contribution in [0.2, 0.25) is 0 Å². The molecule has 110 valence electrons. The molecule has 1 heteroatoms. The van der Waals surface area contributed by atoms with E-state index < -0.39 is 0 Å². The molecule has 0 amide bonds. The van der Waals surface area contributed by atoms with E-state index in [9.17, 15) is 0 Å². The van der Waals surface area contributed by atoms with Crippen LogP contribution in [0.15, 0.2) is 48.5 Å². The van der Waals surface area contributed by atoms with Gasteiger partial charge in [0, 0.05) is 17.6 Å². The summed E-state index contributed by atoms with van der Waals surface area (Å²) in [6.45, 7) is 4.36. The van der Waals surface area contributed by atoms with Gasteiger partial charge in [0.2, 0.25) is 0 Å². The molecule has 1 nitrogen and oxygen atoms in total. The molecule has 21 heavy (non-hydrogen) atoms. The molecule has 0 heterocycles. The number of nitrogens with one attached hydrogen (secondary N) is 1. The van der Waals surface area contributed by atoms with Crippen molar-refractivity contribution >= 4 is 5.69 Å². The molecular weight excluding hydrogens is 254 g/mol. The molecule has 1 aliphatic rings. The fourth-order valence-electron chi connectivity index (χ4n) is 3.45. The second kappa shape index (κ2) is 6.34. The molecule has 1 saturated carbocycles. The Morgan fingerprint density at radius 2 is 1.62 bits per heavy atom. The van der Waals surface area contributed by atoms with Gasteiger partial charge in [-0.3, -0.25) is 0 Å². The lowest BCUT2D eigenvalue weighted by molar-refractivity contribution is 0.405. The van der Waals surface area contributed by atoms with Gasteiger partial charge >= 0.3 is 0 Å². The molecule has 2 atom stereocenters. The second-order valence-electron chi connectivity index (χ2n) is 6.35. The van der Waals surface area contributed by atoms with E-state index >= 15 is 0 Å². The fourth-order valence-corrected chi connectivity index (χ4v) is 3.45. The summed E-state index contributed by atoms with van der Waals surface area (Å²) < 4.78 is 0. The van der Waals surface area contributed by atoms with Gasteiger partial charge in [-0.15, -0.1) is 0 Å². The number of aryl methyl sites for hydroxylation is 2. The first kappa shape index (κ1) is 14.2. The minimum Gasteiger partial charge on any atom is -0.382 e. The standard InChI is InChI=1S/C20H25N/c1-15-12-13-18(14-16(15)2)21-20-11-7-6-10-19(20)17-8-4-3-5-9-17/h3-5,8-9,12-14,19-21H,6-7,10-11H2,1-2H3. The Balaban J connectivity index is 1.79. The van der Waals surface area contributed by atoms with E-state index in [1.807, 2.05) is 0 Å². The first-order chi connectivity index (χ1) is 10.2. The minimum absolute atomic E-state index is 0.559. The molecule has 2 unspecified atom stereocenters. The zero-order valence-electron chi connectivity index (χ0n) is 13.1. The van der Waals surface area contributed by atoms with Crippen LogP contribution >= 0.6 is 0 Å². The topological polar surface area (TPSA) is 12.0 Å². The van der Waals surface area contributed by atoms with Crippen molar-refractivity contribution in [3.8, 4) is 0 Å². The summed E-state index contributed by atoms with van der Waals surface area (Å²) in [7, 11) is 0. The van der Waals surface area contributed by atoms with Crippen LogP contribution in [0.5, 0.6) is 0 Å². The molecule has 0 saturated heterocycles. The van der Waals surface area contributed by atoms with Crippen LogP contribution in [-0.2, 0) is 0 Å². The van der Waals surface area contributed by atoms with E-state index in [-0.39, 0.29) is 0 Å². The first-order valence-electron chi connectivity index (χ1n) is 8.13. The number of hydrogen-bond acceptors (Lipinski definition) is 1. The summed E-state index contributed by atoms with van der Waals surface area (Å²) in [5.74, 6) is 0.640. The Hall–Kier alpha value is -1.76. The van der Waals surface area contributed by atoms with Gasteiger partial charge in [0.1, 0.15) is 0 Å². The lowest BCUT2D eigenvalue weighted by atomic mass is 9.80. The predicted octanol–water partition coefficient (Wildman–Crippen LogP) is 5.44. The highest BCUT2D eigenvalue weighted by Gasteiger charge is 2.26. The van der Waals surface area contributed by atoms with E-state index in [2.05, 4.69) is 67.7 Å². The van der Waals surface area contributed by atoms with Crippen LogP contribution in [-0.4, -0.2) is 6.04 Å². The van der Waals surface area contributed by atoms with Gasteiger partial charge < -0.3 is 5.32 Å². The van der Waals surface area contributed by atoms with E-state index in [0.717, 1.165) is 0 Å². The molecule has 1 fully saturated rings. The minimum atomic E-state index is 0.559. The average molecular weight is 279 g/mol. The van der Waals surface area contributed by atoms with Crippen LogP contribution in [0.25, 0.3) is 0 Å². The third-order valence-corrected chi connectivity index (χ3v) is 4.85. The Labute approximate surface area is 128 Å². The predicted molar refractivity (Wildman–Crippen MR) is 91.0 cm³/mol. The summed E-state index contributed by atoms with van der Waals surface area (Å²) in [5.41, 5.74) is 5.49. The summed E-state index contributed by atoms with van der Waals surface area (Å²) in [5, 5.41) is 3.80. The maximum Gasteiger partial charge on any atom is 0.0345 e. The fraction of sp³-hybridized carbons (Fsp3) is 0.400. The van der Waals surface area contributed by atoms with E-state index in [4.69, 9.17) is 0 Å². The van der Waals surface area contributed by atoms with Crippen LogP contribution in [0.1, 0.15) is 48.3 Å². The van der Waals surface area contributed by atoms with Gasteiger partial charge in [0.25, 0.3) is 0 Å². The van der Waals surface area contributed by atoms with Crippen molar-refractivity contribution in [2.45, 2.75) is 51.5 Å². The first-order valence-corrected chi connectivity index (χ1v) is 8.13. The summed E-state index contributed by atoms with van der Waals surface area (Å²) >= 11 is 0. The largest absolute Gasteiger partial charge is 0.382 e. The highest BCUT2D eigenvalue weighted by Crippen LogP contribution is 2.35. The molecule has 0 aromatic heterocycles. The molecule has 2 aromatic rings. The van der Waals surface area contributed by atoms with Crippen LogP contribution in [0, 0.1) is 13.8 Å². The second-order valence-corrected chi connectivity index (χ2v) is 6.35. The molecule has 0 aliphatic heterocycles. The zero-order chi connectivity index (χ0) is 14.7. The van der Waals surface area contributed by atoms with E-state index in [1.54, 1.807) is 0 Å². The highest BCUT2D eigenvalue weighted by atomic mass is 14.9. The van der Waals surface area contributed by atoms with Crippen LogP contribution in [0.3, 0.4) is 0 Å². The molecule has 0 spiro atoms. The van der Waals surface area contributed by atoms with Crippen molar-refractivity contribution in [2.24, 2.45) is 0 Å². The van der Waals surface area contributed by atoms with E-state index in [0.29, 0.717) is 12.0 Å². The van der Waals surface area contributed by atoms with Gasteiger partial charge in [0.05, 0.1) is 0 Å². The van der Waals surface area contributed by atoms with Gasteiger partial charge in [-0.1, -0.05) is 49.2 Å².